The van der Waals surface area contributed by atoms with E-state index in [1.54, 1.807) is 18.3 Å². The van der Waals surface area contributed by atoms with Crippen LogP contribution in [0.5, 0.6) is 5.75 Å². The smallest absolute Gasteiger partial charge is 0.260 e. The van der Waals surface area contributed by atoms with E-state index in [4.69, 9.17) is 4.74 Å². The lowest BCUT2D eigenvalue weighted by Gasteiger charge is -2.14. The van der Waals surface area contributed by atoms with Gasteiger partial charge in [0.1, 0.15) is 5.75 Å². The molecule has 1 unspecified atom stereocenters. The van der Waals surface area contributed by atoms with Crippen molar-refractivity contribution in [2.45, 2.75) is 19.4 Å². The molecule has 1 N–H and O–H groups in total. The van der Waals surface area contributed by atoms with Crippen LogP contribution in [0.2, 0.25) is 0 Å². The maximum atomic E-state index is 11.9. The molecule has 1 atom stereocenters. The first-order valence-electron chi connectivity index (χ1n) is 6.37. The quantitative estimate of drug-likeness (QED) is 0.753. The minimum absolute atomic E-state index is 0.0829. The standard InChI is InChI=1S/C15H16INO2S/c1-11(19-13-5-2-4-12(16)10-13)15(18)17-8-7-14-6-3-9-20-14/h2-6,9-11H,7-8H2,1H3,(H,17,18). The SMILES string of the molecule is CC(Oc1cccc(I)c1)C(=O)NCCc1cccs1. The highest BCUT2D eigenvalue weighted by Gasteiger charge is 2.14. The van der Waals surface area contributed by atoms with Crippen LogP contribution in [0, 0.1) is 3.57 Å². The molecule has 2 aromatic rings. The summed E-state index contributed by atoms with van der Waals surface area (Å²) < 4.78 is 6.72. The van der Waals surface area contributed by atoms with Gasteiger partial charge in [-0.15, -0.1) is 11.3 Å². The molecule has 0 aliphatic heterocycles. The van der Waals surface area contributed by atoms with Crippen molar-refractivity contribution in [3.05, 3.63) is 50.2 Å². The van der Waals surface area contributed by atoms with Crippen LogP contribution >= 0.6 is 33.9 Å². The number of amides is 1. The molecule has 5 heteroatoms. The minimum Gasteiger partial charge on any atom is -0.481 e. The van der Waals surface area contributed by atoms with Gasteiger partial charge in [0.15, 0.2) is 6.10 Å². The fraction of sp³-hybridized carbons (Fsp3) is 0.267. The molecule has 0 bridgehead atoms. The van der Waals surface area contributed by atoms with Gasteiger partial charge in [0, 0.05) is 15.0 Å². The molecule has 0 aliphatic rings. The number of carbonyl (C=O) groups is 1. The second-order valence-corrected chi connectivity index (χ2v) is 6.62. The molecule has 1 heterocycles. The van der Waals surface area contributed by atoms with Gasteiger partial charge in [-0.3, -0.25) is 4.79 Å². The fourth-order valence-corrected chi connectivity index (χ4v) is 2.93. The van der Waals surface area contributed by atoms with Gasteiger partial charge < -0.3 is 10.1 Å². The Morgan fingerprint density at radius 1 is 1.40 bits per heavy atom. The van der Waals surface area contributed by atoms with Crippen molar-refractivity contribution >= 4 is 39.8 Å². The van der Waals surface area contributed by atoms with E-state index in [0.29, 0.717) is 6.54 Å². The first kappa shape index (κ1) is 15.3. The van der Waals surface area contributed by atoms with Crippen LogP contribution in [0.15, 0.2) is 41.8 Å². The normalized spacial score (nSPS) is 11.9. The second-order valence-electron chi connectivity index (χ2n) is 4.34. The average Bonchev–Trinajstić information content (AvgIpc) is 2.91. The number of nitrogens with one attached hydrogen (secondary N) is 1. The van der Waals surface area contributed by atoms with Crippen LogP contribution in [-0.2, 0) is 11.2 Å². The molecule has 2 rings (SSSR count). The number of hydrogen-bond donors (Lipinski definition) is 1. The number of thiophene rings is 1. The molecule has 20 heavy (non-hydrogen) atoms. The summed E-state index contributed by atoms with van der Waals surface area (Å²) in [5, 5.41) is 4.94. The molecule has 0 spiro atoms. The first-order chi connectivity index (χ1) is 9.65. The van der Waals surface area contributed by atoms with Gasteiger partial charge in [0.2, 0.25) is 0 Å². The van der Waals surface area contributed by atoms with Crippen molar-refractivity contribution < 1.29 is 9.53 Å². The van der Waals surface area contributed by atoms with Gasteiger partial charge >= 0.3 is 0 Å². The summed E-state index contributed by atoms with van der Waals surface area (Å²) in [6, 6.07) is 11.8. The van der Waals surface area contributed by atoms with E-state index < -0.39 is 6.10 Å². The van der Waals surface area contributed by atoms with Gasteiger partial charge in [-0.05, 0) is 65.6 Å². The van der Waals surface area contributed by atoms with Gasteiger partial charge in [-0.25, -0.2) is 0 Å². The average molecular weight is 401 g/mol. The molecular weight excluding hydrogens is 385 g/mol. The Bertz CT molecular complexity index is 557. The van der Waals surface area contributed by atoms with Crippen LogP contribution in [0.4, 0.5) is 0 Å². The summed E-state index contributed by atoms with van der Waals surface area (Å²) in [6.07, 6.45) is 0.371. The Morgan fingerprint density at radius 3 is 2.95 bits per heavy atom. The highest BCUT2D eigenvalue weighted by Crippen LogP contribution is 2.16. The van der Waals surface area contributed by atoms with E-state index in [9.17, 15) is 4.79 Å². The third-order valence-electron chi connectivity index (χ3n) is 2.73. The fourth-order valence-electron chi connectivity index (χ4n) is 1.71. The Hall–Kier alpha value is -1.08. The molecule has 106 valence electrons. The minimum atomic E-state index is -0.489. The highest BCUT2D eigenvalue weighted by atomic mass is 127. The van der Waals surface area contributed by atoms with E-state index in [1.807, 2.05) is 35.7 Å². The molecule has 0 aliphatic carbocycles. The van der Waals surface area contributed by atoms with Gasteiger partial charge in [0.05, 0.1) is 0 Å². The molecule has 0 saturated heterocycles. The van der Waals surface area contributed by atoms with Crippen molar-refractivity contribution in [2.24, 2.45) is 0 Å². The van der Waals surface area contributed by atoms with E-state index in [-0.39, 0.29) is 5.91 Å². The molecule has 0 fully saturated rings. The maximum Gasteiger partial charge on any atom is 0.260 e. The lowest BCUT2D eigenvalue weighted by molar-refractivity contribution is -0.127. The largest absolute Gasteiger partial charge is 0.481 e. The molecule has 0 saturated carbocycles. The number of ether oxygens (including phenoxy) is 1. The number of benzene rings is 1. The molecule has 1 amide bonds. The van der Waals surface area contributed by atoms with E-state index >= 15 is 0 Å². The lowest BCUT2D eigenvalue weighted by Crippen LogP contribution is -2.37. The molecule has 1 aromatic heterocycles. The second kappa shape index (κ2) is 7.64. The van der Waals surface area contributed by atoms with Gasteiger partial charge in [-0.1, -0.05) is 12.1 Å². The van der Waals surface area contributed by atoms with E-state index in [0.717, 1.165) is 15.7 Å². The molecule has 1 aromatic carbocycles. The van der Waals surface area contributed by atoms with Crippen molar-refractivity contribution in [2.75, 3.05) is 6.54 Å². The number of rotatable bonds is 6. The number of hydrogen-bond acceptors (Lipinski definition) is 3. The van der Waals surface area contributed by atoms with Crippen LogP contribution in [0.25, 0.3) is 0 Å². The molecule has 3 nitrogen and oxygen atoms in total. The van der Waals surface area contributed by atoms with Crippen molar-refractivity contribution in [1.82, 2.24) is 5.32 Å². The number of carbonyl (C=O) groups excluding carboxylic acids is 1. The summed E-state index contributed by atoms with van der Waals surface area (Å²) >= 11 is 3.92. The lowest BCUT2D eigenvalue weighted by atomic mass is 10.3. The Morgan fingerprint density at radius 2 is 2.25 bits per heavy atom. The van der Waals surface area contributed by atoms with Crippen molar-refractivity contribution in [1.29, 1.82) is 0 Å². The summed E-state index contributed by atoms with van der Waals surface area (Å²) in [6.45, 7) is 2.40. The van der Waals surface area contributed by atoms with Crippen LogP contribution < -0.4 is 10.1 Å². The monoisotopic (exact) mass is 401 g/mol. The van der Waals surface area contributed by atoms with Crippen molar-refractivity contribution in [3.8, 4) is 5.75 Å². The predicted octanol–water partition coefficient (Wildman–Crippen LogP) is 3.48. The predicted molar refractivity (Wildman–Crippen MR) is 90.3 cm³/mol. The summed E-state index contributed by atoms with van der Waals surface area (Å²) in [5.74, 6) is 0.637. The third-order valence-corrected chi connectivity index (χ3v) is 4.34. The van der Waals surface area contributed by atoms with E-state index in [1.165, 1.54) is 4.88 Å². The Labute approximate surface area is 136 Å². The van der Waals surface area contributed by atoms with Crippen molar-refractivity contribution in [3.63, 3.8) is 0 Å². The zero-order chi connectivity index (χ0) is 14.4. The van der Waals surface area contributed by atoms with Gasteiger partial charge in [-0.2, -0.15) is 0 Å². The zero-order valence-electron chi connectivity index (χ0n) is 11.1. The van der Waals surface area contributed by atoms with Gasteiger partial charge in [0.25, 0.3) is 5.91 Å². The highest BCUT2D eigenvalue weighted by molar-refractivity contribution is 14.1. The summed E-state index contributed by atoms with van der Waals surface area (Å²) in [7, 11) is 0. The molecular formula is C15H16INO2S. The van der Waals surface area contributed by atoms with E-state index in [2.05, 4.69) is 34.0 Å². The van der Waals surface area contributed by atoms with Crippen LogP contribution in [0.1, 0.15) is 11.8 Å². The Balaban J connectivity index is 1.77. The summed E-state index contributed by atoms with van der Waals surface area (Å²) in [5.41, 5.74) is 0. The van der Waals surface area contributed by atoms with Crippen LogP contribution in [-0.4, -0.2) is 18.6 Å². The molecule has 0 radical (unpaired) electrons. The zero-order valence-corrected chi connectivity index (χ0v) is 14.1. The topological polar surface area (TPSA) is 38.3 Å². The maximum absolute atomic E-state index is 11.9. The Kier molecular flexibility index (Phi) is 5.85. The third kappa shape index (κ3) is 4.79. The number of halogens is 1. The first-order valence-corrected chi connectivity index (χ1v) is 8.33. The van der Waals surface area contributed by atoms with Crippen LogP contribution in [0.3, 0.4) is 0 Å². The summed E-state index contributed by atoms with van der Waals surface area (Å²) in [4.78, 5) is 13.2.